The van der Waals surface area contributed by atoms with Gasteiger partial charge in [-0.25, -0.2) is 4.39 Å². The van der Waals surface area contributed by atoms with Gasteiger partial charge in [0.05, 0.1) is 6.42 Å². The van der Waals surface area contributed by atoms with Crippen LogP contribution in [0.25, 0.3) is 22.6 Å². The van der Waals surface area contributed by atoms with E-state index in [1.807, 2.05) is 0 Å². The minimum atomic E-state index is -0.868. The van der Waals surface area contributed by atoms with Crippen molar-refractivity contribution >= 4 is 5.97 Å². The molecule has 4 nitrogen and oxygen atoms in total. The molecule has 0 fully saturated rings. The number of hydrogen-bond acceptors (Lipinski definition) is 3. The van der Waals surface area contributed by atoms with E-state index >= 15 is 0 Å². The average molecular weight is 297 g/mol. The minimum absolute atomic E-state index is 0.0140. The van der Waals surface area contributed by atoms with Crippen LogP contribution in [0.15, 0.2) is 59.1 Å². The van der Waals surface area contributed by atoms with Crippen molar-refractivity contribution in [1.82, 2.24) is 5.16 Å². The van der Waals surface area contributed by atoms with E-state index < -0.39 is 5.97 Å². The molecule has 1 heterocycles. The van der Waals surface area contributed by atoms with Crippen LogP contribution in [0, 0.1) is 5.82 Å². The molecule has 0 atom stereocenters. The molecule has 1 N–H and O–H groups in total. The van der Waals surface area contributed by atoms with E-state index in [2.05, 4.69) is 5.16 Å². The molecule has 0 aliphatic carbocycles. The van der Waals surface area contributed by atoms with Gasteiger partial charge in [0, 0.05) is 17.2 Å². The van der Waals surface area contributed by atoms with E-state index in [-0.39, 0.29) is 12.2 Å². The zero-order valence-corrected chi connectivity index (χ0v) is 11.5. The maximum Gasteiger partial charge on any atom is 0.307 e. The number of carboxylic acid groups (broad SMARTS) is 1. The van der Waals surface area contributed by atoms with Crippen LogP contribution in [0.2, 0.25) is 0 Å². The van der Waals surface area contributed by atoms with E-state index in [4.69, 9.17) is 9.63 Å². The van der Waals surface area contributed by atoms with Crippen molar-refractivity contribution in [2.24, 2.45) is 0 Å². The Balaban J connectivity index is 1.84. The van der Waals surface area contributed by atoms with Gasteiger partial charge in [0.2, 0.25) is 0 Å². The number of aromatic nitrogens is 1. The van der Waals surface area contributed by atoms with Crippen LogP contribution in [-0.4, -0.2) is 16.2 Å². The van der Waals surface area contributed by atoms with Gasteiger partial charge >= 0.3 is 5.97 Å². The standard InChI is InChI=1S/C17H12FNO3/c18-14-7-5-13(6-8-14)16-10-15(19-22-16)12-3-1-11(2-4-12)9-17(20)21/h1-8,10H,9H2,(H,20,21). The summed E-state index contributed by atoms with van der Waals surface area (Å²) in [5.41, 5.74) is 2.92. The highest BCUT2D eigenvalue weighted by Crippen LogP contribution is 2.26. The molecule has 0 bridgehead atoms. The maximum absolute atomic E-state index is 12.9. The zero-order chi connectivity index (χ0) is 15.5. The molecule has 3 rings (SSSR count). The van der Waals surface area contributed by atoms with Crippen molar-refractivity contribution in [1.29, 1.82) is 0 Å². The lowest BCUT2D eigenvalue weighted by Gasteiger charge is -1.98. The molecule has 2 aromatic carbocycles. The fraction of sp³-hybridized carbons (Fsp3) is 0.0588. The molecule has 0 aliphatic rings. The lowest BCUT2D eigenvalue weighted by Crippen LogP contribution is -1.99. The van der Waals surface area contributed by atoms with Gasteiger partial charge in [-0.2, -0.15) is 0 Å². The van der Waals surface area contributed by atoms with E-state index in [0.29, 0.717) is 11.5 Å². The van der Waals surface area contributed by atoms with Crippen molar-refractivity contribution in [3.63, 3.8) is 0 Å². The molecule has 22 heavy (non-hydrogen) atoms. The lowest BCUT2D eigenvalue weighted by molar-refractivity contribution is -0.136. The number of nitrogens with zero attached hydrogens (tertiary/aromatic N) is 1. The number of carboxylic acids is 1. The normalized spacial score (nSPS) is 10.6. The highest BCUT2D eigenvalue weighted by atomic mass is 19.1. The first-order chi connectivity index (χ1) is 10.6. The van der Waals surface area contributed by atoms with Gasteiger partial charge in [0.25, 0.3) is 0 Å². The van der Waals surface area contributed by atoms with Crippen molar-refractivity contribution in [3.8, 4) is 22.6 Å². The minimum Gasteiger partial charge on any atom is -0.481 e. The molecule has 5 heteroatoms. The average Bonchev–Trinajstić information content (AvgIpc) is 2.98. The van der Waals surface area contributed by atoms with E-state index in [1.165, 1.54) is 12.1 Å². The van der Waals surface area contributed by atoms with Gasteiger partial charge in [-0.3, -0.25) is 4.79 Å². The molecule has 3 aromatic rings. The molecule has 1 aromatic heterocycles. The molecule has 0 spiro atoms. The Morgan fingerprint density at radius 1 is 1.05 bits per heavy atom. The summed E-state index contributed by atoms with van der Waals surface area (Å²) >= 11 is 0. The van der Waals surface area contributed by atoms with Crippen molar-refractivity contribution in [2.75, 3.05) is 0 Å². The number of rotatable bonds is 4. The van der Waals surface area contributed by atoms with E-state index in [9.17, 15) is 9.18 Å². The number of carbonyl (C=O) groups is 1. The Hall–Kier alpha value is -2.95. The molecular weight excluding hydrogens is 285 g/mol. The fourth-order valence-corrected chi connectivity index (χ4v) is 2.13. The third-order valence-corrected chi connectivity index (χ3v) is 3.24. The van der Waals surface area contributed by atoms with Crippen LogP contribution in [0.3, 0.4) is 0 Å². The predicted octanol–water partition coefficient (Wildman–Crippen LogP) is 3.77. The molecule has 0 saturated carbocycles. The van der Waals surface area contributed by atoms with Crippen LogP contribution < -0.4 is 0 Å². The van der Waals surface area contributed by atoms with Gasteiger partial charge in [0.1, 0.15) is 11.5 Å². The topological polar surface area (TPSA) is 63.3 Å². The SMILES string of the molecule is O=C(O)Cc1ccc(-c2cc(-c3ccc(F)cc3)on2)cc1. The number of aliphatic carboxylic acids is 1. The second kappa shape index (κ2) is 5.81. The molecule has 0 aliphatic heterocycles. The second-order valence-electron chi connectivity index (χ2n) is 4.85. The molecule has 0 saturated heterocycles. The highest BCUT2D eigenvalue weighted by molar-refractivity contribution is 5.71. The van der Waals surface area contributed by atoms with E-state index in [0.717, 1.165) is 16.7 Å². The summed E-state index contributed by atoms with van der Waals surface area (Å²) in [7, 11) is 0. The third-order valence-electron chi connectivity index (χ3n) is 3.24. The summed E-state index contributed by atoms with van der Waals surface area (Å²) in [6.45, 7) is 0. The Bertz CT molecular complexity index is 792. The zero-order valence-electron chi connectivity index (χ0n) is 11.5. The summed E-state index contributed by atoms with van der Waals surface area (Å²) in [6.07, 6.45) is -0.0140. The van der Waals surface area contributed by atoms with Crippen LogP contribution in [0.1, 0.15) is 5.56 Å². The number of benzene rings is 2. The Kier molecular flexibility index (Phi) is 3.70. The first-order valence-electron chi connectivity index (χ1n) is 6.65. The second-order valence-corrected chi connectivity index (χ2v) is 4.85. The van der Waals surface area contributed by atoms with E-state index in [1.54, 1.807) is 42.5 Å². The van der Waals surface area contributed by atoms with Gasteiger partial charge in [-0.1, -0.05) is 29.4 Å². The number of halogens is 1. The molecular formula is C17H12FNO3. The van der Waals surface area contributed by atoms with Crippen LogP contribution in [0.4, 0.5) is 4.39 Å². The molecule has 0 unspecified atom stereocenters. The van der Waals surface area contributed by atoms with Crippen molar-refractivity contribution < 1.29 is 18.8 Å². The maximum atomic E-state index is 12.9. The van der Waals surface area contributed by atoms with Crippen LogP contribution >= 0.6 is 0 Å². The van der Waals surface area contributed by atoms with Gasteiger partial charge in [0.15, 0.2) is 5.76 Å². The Morgan fingerprint density at radius 2 is 1.68 bits per heavy atom. The van der Waals surface area contributed by atoms with Crippen molar-refractivity contribution in [3.05, 3.63) is 66.0 Å². The summed E-state index contributed by atoms with van der Waals surface area (Å²) in [6, 6.07) is 14.8. The number of hydrogen-bond donors (Lipinski definition) is 1. The summed E-state index contributed by atoms with van der Waals surface area (Å²) in [5, 5.41) is 12.7. The summed E-state index contributed by atoms with van der Waals surface area (Å²) < 4.78 is 18.2. The molecule has 0 amide bonds. The summed E-state index contributed by atoms with van der Waals surface area (Å²) in [5.74, 6) is -0.630. The molecule has 0 radical (unpaired) electrons. The first kappa shape index (κ1) is 14.0. The smallest absolute Gasteiger partial charge is 0.307 e. The molecule has 110 valence electrons. The third kappa shape index (κ3) is 3.03. The highest BCUT2D eigenvalue weighted by Gasteiger charge is 2.09. The lowest BCUT2D eigenvalue weighted by atomic mass is 10.1. The Morgan fingerprint density at radius 3 is 2.32 bits per heavy atom. The fourth-order valence-electron chi connectivity index (χ4n) is 2.13. The summed E-state index contributed by atoms with van der Waals surface area (Å²) in [4.78, 5) is 10.7. The van der Waals surface area contributed by atoms with Gasteiger partial charge in [-0.15, -0.1) is 0 Å². The van der Waals surface area contributed by atoms with Crippen LogP contribution in [0.5, 0.6) is 0 Å². The Labute approximate surface area is 125 Å². The first-order valence-corrected chi connectivity index (χ1v) is 6.65. The van der Waals surface area contributed by atoms with Crippen LogP contribution in [-0.2, 0) is 11.2 Å². The van der Waals surface area contributed by atoms with Gasteiger partial charge in [-0.05, 0) is 29.8 Å². The quantitative estimate of drug-likeness (QED) is 0.796. The van der Waals surface area contributed by atoms with Gasteiger partial charge < -0.3 is 9.63 Å². The largest absolute Gasteiger partial charge is 0.481 e. The predicted molar refractivity (Wildman–Crippen MR) is 78.7 cm³/mol. The van der Waals surface area contributed by atoms with Crippen molar-refractivity contribution in [2.45, 2.75) is 6.42 Å². The monoisotopic (exact) mass is 297 g/mol.